The first-order valence-electron chi connectivity index (χ1n) is 8.96. The van der Waals surface area contributed by atoms with Gasteiger partial charge in [0, 0.05) is 42.4 Å². The number of nitrogens with zero attached hydrogens (tertiary/aromatic N) is 2. The van der Waals surface area contributed by atoms with E-state index in [-0.39, 0.29) is 35.5 Å². The third kappa shape index (κ3) is 2.89. The molecule has 2 N–H and O–H groups in total. The number of rotatable bonds is 3. The quantitative estimate of drug-likeness (QED) is 0.877. The molecule has 6 heteroatoms. The van der Waals surface area contributed by atoms with Crippen molar-refractivity contribution in [3.63, 3.8) is 0 Å². The monoisotopic (exact) mass is 355 g/mol. The minimum Gasteiger partial charge on any atom is -0.508 e. The smallest absolute Gasteiger partial charge is 0.224 e. The van der Waals surface area contributed by atoms with Crippen molar-refractivity contribution in [3.05, 3.63) is 47.9 Å². The molecule has 0 unspecified atom stereocenters. The average Bonchev–Trinajstić information content (AvgIpc) is 3.41. The average molecular weight is 355 g/mol. The lowest BCUT2D eigenvalue weighted by Crippen LogP contribution is -2.51. The maximum atomic E-state index is 14.0. The van der Waals surface area contributed by atoms with Crippen LogP contribution in [0, 0.1) is 17.7 Å². The molecule has 2 aliphatic rings. The predicted octanol–water partition coefficient (Wildman–Crippen LogP) is 3.86. The number of carbonyl (C=O) groups excluding carboxylic acids is 1. The van der Waals surface area contributed by atoms with Crippen LogP contribution in [0.1, 0.15) is 38.3 Å². The van der Waals surface area contributed by atoms with Crippen LogP contribution in [0.3, 0.4) is 0 Å². The Labute approximate surface area is 151 Å². The van der Waals surface area contributed by atoms with E-state index < -0.39 is 0 Å². The molecule has 1 saturated carbocycles. The molecule has 4 rings (SSSR count). The van der Waals surface area contributed by atoms with Crippen LogP contribution in [0.25, 0.3) is 0 Å². The summed E-state index contributed by atoms with van der Waals surface area (Å²) in [6.45, 7) is 3.66. The van der Waals surface area contributed by atoms with Crippen molar-refractivity contribution in [1.29, 1.82) is 0 Å². The second-order valence-corrected chi connectivity index (χ2v) is 7.30. The molecule has 0 radical (unpaired) electrons. The first-order chi connectivity index (χ1) is 12.5. The number of amides is 1. The lowest BCUT2D eigenvalue weighted by atomic mass is 9.80. The summed E-state index contributed by atoms with van der Waals surface area (Å²) >= 11 is 0. The summed E-state index contributed by atoms with van der Waals surface area (Å²) in [6.07, 6.45) is 3.73. The van der Waals surface area contributed by atoms with Crippen molar-refractivity contribution in [2.75, 3.05) is 10.2 Å². The van der Waals surface area contributed by atoms with Gasteiger partial charge in [-0.25, -0.2) is 9.37 Å². The van der Waals surface area contributed by atoms with Crippen LogP contribution < -0.4 is 10.2 Å². The maximum Gasteiger partial charge on any atom is 0.224 e. The number of halogens is 1. The molecule has 1 aliphatic heterocycles. The van der Waals surface area contributed by atoms with E-state index in [1.807, 2.05) is 4.90 Å². The van der Waals surface area contributed by atoms with E-state index in [9.17, 15) is 14.3 Å². The number of pyridine rings is 1. The lowest BCUT2D eigenvalue weighted by Gasteiger charge is -2.45. The summed E-state index contributed by atoms with van der Waals surface area (Å²) in [5, 5.41) is 13.1. The van der Waals surface area contributed by atoms with Crippen molar-refractivity contribution in [2.45, 2.75) is 38.8 Å². The van der Waals surface area contributed by atoms with Gasteiger partial charge in [0.05, 0.1) is 6.04 Å². The van der Waals surface area contributed by atoms with Gasteiger partial charge >= 0.3 is 0 Å². The first kappa shape index (κ1) is 16.8. The number of aromatic hydroxyl groups is 1. The molecule has 2 aromatic rings. The van der Waals surface area contributed by atoms with Crippen LogP contribution in [-0.4, -0.2) is 22.0 Å². The SMILES string of the molecule is CC(=O)N1c2ccc(F)cc2[C@H](Nc2cc(O)ccn2)[C@@H](C)[C@@H]1C1CC1. The van der Waals surface area contributed by atoms with Gasteiger partial charge in [-0.15, -0.1) is 0 Å². The number of nitrogens with one attached hydrogen (secondary N) is 1. The highest BCUT2D eigenvalue weighted by atomic mass is 19.1. The lowest BCUT2D eigenvalue weighted by molar-refractivity contribution is -0.117. The van der Waals surface area contributed by atoms with Crippen LogP contribution in [-0.2, 0) is 4.79 Å². The van der Waals surface area contributed by atoms with Gasteiger partial charge < -0.3 is 15.3 Å². The summed E-state index contributed by atoms with van der Waals surface area (Å²) in [5.74, 6) is 0.839. The van der Waals surface area contributed by atoms with Crippen molar-refractivity contribution in [1.82, 2.24) is 4.98 Å². The van der Waals surface area contributed by atoms with Gasteiger partial charge in [-0.05, 0) is 43.0 Å². The molecule has 1 amide bonds. The molecule has 0 spiro atoms. The Hall–Kier alpha value is -2.63. The molecule has 136 valence electrons. The minimum absolute atomic E-state index is 0.0180. The van der Waals surface area contributed by atoms with Crippen LogP contribution >= 0.6 is 0 Å². The standard InChI is InChI=1S/C20H22FN3O2/c1-11-19(23-18-10-15(26)7-8-22-18)16-9-14(21)5-6-17(16)24(12(2)25)20(11)13-3-4-13/h5-11,13,19-20H,3-4H2,1-2H3,(H2,22,23,26)/t11-,19-,20-/m1/s1. The summed E-state index contributed by atoms with van der Waals surface area (Å²) in [6, 6.07) is 7.51. The van der Waals surface area contributed by atoms with Gasteiger partial charge in [0.1, 0.15) is 17.4 Å². The fourth-order valence-electron chi connectivity index (χ4n) is 4.19. The fraction of sp³-hybridized carbons (Fsp3) is 0.400. The molecule has 1 aliphatic carbocycles. The zero-order valence-corrected chi connectivity index (χ0v) is 14.8. The summed E-state index contributed by atoms with van der Waals surface area (Å²) in [5.41, 5.74) is 1.50. The predicted molar refractivity (Wildman–Crippen MR) is 97.5 cm³/mol. The Bertz CT molecular complexity index is 853. The van der Waals surface area contributed by atoms with Crippen LogP contribution in [0.5, 0.6) is 5.75 Å². The molecular weight excluding hydrogens is 333 g/mol. The van der Waals surface area contributed by atoms with E-state index in [1.54, 1.807) is 19.1 Å². The van der Waals surface area contributed by atoms with Gasteiger partial charge in [-0.2, -0.15) is 0 Å². The Morgan fingerprint density at radius 1 is 1.31 bits per heavy atom. The van der Waals surface area contributed by atoms with Crippen molar-refractivity contribution < 1.29 is 14.3 Å². The Kier molecular flexibility index (Phi) is 4.05. The molecular formula is C20H22FN3O2. The molecule has 26 heavy (non-hydrogen) atoms. The maximum absolute atomic E-state index is 14.0. The van der Waals surface area contributed by atoms with E-state index in [0.717, 1.165) is 24.1 Å². The molecule has 5 nitrogen and oxygen atoms in total. The molecule has 1 fully saturated rings. The second kappa shape index (κ2) is 6.27. The zero-order valence-electron chi connectivity index (χ0n) is 14.8. The highest BCUT2D eigenvalue weighted by Crippen LogP contribution is 2.50. The number of hydrogen-bond acceptors (Lipinski definition) is 4. The number of fused-ring (bicyclic) bond motifs is 1. The van der Waals surface area contributed by atoms with E-state index in [0.29, 0.717) is 11.7 Å². The van der Waals surface area contributed by atoms with E-state index >= 15 is 0 Å². The highest BCUT2D eigenvalue weighted by Gasteiger charge is 2.47. The van der Waals surface area contributed by atoms with Crippen LogP contribution in [0.15, 0.2) is 36.5 Å². The second-order valence-electron chi connectivity index (χ2n) is 7.30. The number of benzene rings is 1. The topological polar surface area (TPSA) is 65.5 Å². The highest BCUT2D eigenvalue weighted by molar-refractivity contribution is 5.94. The fourth-order valence-corrected chi connectivity index (χ4v) is 4.19. The van der Waals surface area contributed by atoms with Crippen LogP contribution in [0.4, 0.5) is 15.9 Å². The Morgan fingerprint density at radius 3 is 2.73 bits per heavy atom. The van der Waals surface area contributed by atoms with E-state index in [1.165, 1.54) is 24.4 Å². The number of anilines is 2. The van der Waals surface area contributed by atoms with Gasteiger partial charge in [0.15, 0.2) is 0 Å². The molecule has 0 bridgehead atoms. The number of carbonyl (C=O) groups is 1. The molecule has 3 atom stereocenters. The molecule has 0 saturated heterocycles. The van der Waals surface area contributed by atoms with Crippen LogP contribution in [0.2, 0.25) is 0 Å². The summed E-state index contributed by atoms with van der Waals surface area (Å²) in [7, 11) is 0. The van der Waals surface area contributed by atoms with Gasteiger partial charge in [-0.3, -0.25) is 4.79 Å². The van der Waals surface area contributed by atoms with Gasteiger partial charge in [0.25, 0.3) is 0 Å². The molecule has 2 heterocycles. The number of aromatic nitrogens is 1. The molecule has 1 aromatic carbocycles. The zero-order chi connectivity index (χ0) is 18.4. The largest absolute Gasteiger partial charge is 0.508 e. The van der Waals surface area contributed by atoms with Crippen molar-refractivity contribution in [3.8, 4) is 5.75 Å². The Morgan fingerprint density at radius 2 is 2.08 bits per heavy atom. The van der Waals surface area contributed by atoms with E-state index in [4.69, 9.17) is 0 Å². The Balaban J connectivity index is 1.80. The van der Waals surface area contributed by atoms with Gasteiger partial charge in [0.2, 0.25) is 5.91 Å². The number of hydrogen-bond donors (Lipinski definition) is 2. The third-order valence-corrected chi connectivity index (χ3v) is 5.44. The van der Waals surface area contributed by atoms with Gasteiger partial charge in [-0.1, -0.05) is 6.92 Å². The molecule has 1 aromatic heterocycles. The normalized spacial score (nSPS) is 24.9. The van der Waals surface area contributed by atoms with Crippen molar-refractivity contribution in [2.24, 2.45) is 11.8 Å². The van der Waals surface area contributed by atoms with Crippen molar-refractivity contribution >= 4 is 17.4 Å². The third-order valence-electron chi connectivity index (χ3n) is 5.44. The first-order valence-corrected chi connectivity index (χ1v) is 8.96. The van der Waals surface area contributed by atoms with E-state index in [2.05, 4.69) is 17.2 Å². The minimum atomic E-state index is -0.333. The summed E-state index contributed by atoms with van der Waals surface area (Å²) in [4.78, 5) is 18.5. The summed E-state index contributed by atoms with van der Waals surface area (Å²) < 4.78 is 14.0.